The molecule has 0 bridgehead atoms. The second-order valence-electron chi connectivity index (χ2n) is 4.53. The van der Waals surface area contributed by atoms with Crippen molar-refractivity contribution in [3.05, 3.63) is 16.4 Å². The number of hydrogen-bond acceptors (Lipinski definition) is 5. The summed E-state index contributed by atoms with van der Waals surface area (Å²) in [6.07, 6.45) is 0. The molecule has 16 heavy (non-hydrogen) atoms. The van der Waals surface area contributed by atoms with E-state index in [0.29, 0.717) is 0 Å². The average molecular weight is 228 g/mol. The van der Waals surface area contributed by atoms with E-state index in [0.717, 1.165) is 4.68 Å². The predicted molar refractivity (Wildman–Crippen MR) is 55.9 cm³/mol. The first-order valence-corrected chi connectivity index (χ1v) is 4.93. The van der Waals surface area contributed by atoms with Gasteiger partial charge in [0.25, 0.3) is 0 Å². The second kappa shape index (κ2) is 4.61. The van der Waals surface area contributed by atoms with E-state index in [1.807, 2.05) is 0 Å². The molecule has 1 heterocycles. The quantitative estimate of drug-likeness (QED) is 0.754. The summed E-state index contributed by atoms with van der Waals surface area (Å²) in [5, 5.41) is 3.84. The van der Waals surface area contributed by atoms with Gasteiger partial charge in [0.2, 0.25) is 5.89 Å². The fourth-order valence-corrected chi connectivity index (χ4v) is 1.00. The molecule has 6 heteroatoms. The molecule has 0 atom stereocenters. The highest BCUT2D eigenvalue weighted by Crippen LogP contribution is 2.14. The van der Waals surface area contributed by atoms with Crippen LogP contribution in [0.2, 0.25) is 0 Å². The van der Waals surface area contributed by atoms with Crippen LogP contribution in [-0.4, -0.2) is 22.7 Å². The fraction of sp³-hybridized carbons (Fsp3) is 0.700. The van der Waals surface area contributed by atoms with Crippen LogP contribution >= 0.6 is 0 Å². The smallest absolute Gasteiger partial charge is 0.390 e. The van der Waals surface area contributed by atoms with Gasteiger partial charge in [-0.15, -0.1) is 5.10 Å². The zero-order valence-corrected chi connectivity index (χ0v) is 9.94. The van der Waals surface area contributed by atoms with Crippen LogP contribution in [0.1, 0.15) is 26.7 Å². The summed E-state index contributed by atoms with van der Waals surface area (Å²) in [5.74, 6) is -0.536. The zero-order valence-electron chi connectivity index (χ0n) is 9.94. The molecule has 1 rings (SSSR count). The third-order valence-electron chi connectivity index (χ3n) is 2.05. The summed E-state index contributed by atoms with van der Waals surface area (Å²) < 4.78 is 10.6. The second-order valence-corrected chi connectivity index (χ2v) is 4.53. The Balaban J connectivity index is 2.82. The van der Waals surface area contributed by atoms with Gasteiger partial charge in [0, 0.05) is 12.5 Å². The molecule has 1 aromatic rings. The van der Waals surface area contributed by atoms with Gasteiger partial charge in [-0.05, 0) is 0 Å². The Morgan fingerprint density at radius 1 is 1.50 bits per heavy atom. The standard InChI is InChI=1S/C10H16N2O4/c1-10(2,3)7(13)5-12-9(14)16-8(11-12)6-15-4/h5-6H2,1-4H3. The van der Waals surface area contributed by atoms with Crippen LogP contribution < -0.4 is 5.76 Å². The number of ketones is 1. The van der Waals surface area contributed by atoms with Gasteiger partial charge in [-0.25, -0.2) is 4.79 Å². The summed E-state index contributed by atoms with van der Waals surface area (Å²) in [7, 11) is 1.47. The molecule has 0 N–H and O–H groups in total. The van der Waals surface area contributed by atoms with Crippen molar-refractivity contribution in [3.63, 3.8) is 0 Å². The van der Waals surface area contributed by atoms with Crippen LogP contribution in [0.25, 0.3) is 0 Å². The van der Waals surface area contributed by atoms with E-state index in [1.54, 1.807) is 20.8 Å². The lowest BCUT2D eigenvalue weighted by molar-refractivity contribution is -0.127. The first kappa shape index (κ1) is 12.6. The first-order valence-electron chi connectivity index (χ1n) is 4.93. The molecule has 0 aliphatic carbocycles. The number of methoxy groups -OCH3 is 1. The van der Waals surface area contributed by atoms with Crippen molar-refractivity contribution in [2.24, 2.45) is 5.41 Å². The lowest BCUT2D eigenvalue weighted by Gasteiger charge is -2.15. The maximum Gasteiger partial charge on any atom is 0.437 e. The summed E-state index contributed by atoms with van der Waals surface area (Å²) >= 11 is 0. The number of nitrogens with zero attached hydrogens (tertiary/aromatic N) is 2. The minimum atomic E-state index is -0.635. The minimum Gasteiger partial charge on any atom is -0.390 e. The van der Waals surface area contributed by atoms with Gasteiger partial charge in [-0.2, -0.15) is 4.68 Å². The number of carbonyl (C=O) groups excluding carboxylic acids is 1. The topological polar surface area (TPSA) is 74.3 Å². The summed E-state index contributed by atoms with van der Waals surface area (Å²) in [5.41, 5.74) is -0.500. The van der Waals surface area contributed by atoms with Gasteiger partial charge >= 0.3 is 5.76 Å². The molecule has 0 aromatic carbocycles. The molecule has 0 radical (unpaired) electrons. The SMILES string of the molecule is COCc1nn(CC(=O)C(C)(C)C)c(=O)o1. The molecule has 0 aliphatic rings. The number of hydrogen-bond donors (Lipinski definition) is 0. The Morgan fingerprint density at radius 3 is 2.62 bits per heavy atom. The molecule has 6 nitrogen and oxygen atoms in total. The maximum absolute atomic E-state index is 11.7. The molecule has 0 saturated heterocycles. The van der Waals surface area contributed by atoms with Gasteiger partial charge in [-0.3, -0.25) is 4.79 Å². The number of aromatic nitrogens is 2. The van der Waals surface area contributed by atoms with Gasteiger partial charge in [-0.1, -0.05) is 20.8 Å². The fourth-order valence-electron chi connectivity index (χ4n) is 1.00. The van der Waals surface area contributed by atoms with Crippen molar-refractivity contribution in [3.8, 4) is 0 Å². The molecule has 90 valence electrons. The molecule has 0 spiro atoms. The highest BCUT2D eigenvalue weighted by Gasteiger charge is 2.23. The Hall–Kier alpha value is -1.43. The lowest BCUT2D eigenvalue weighted by atomic mass is 9.91. The minimum absolute atomic E-state index is 0.0739. The monoisotopic (exact) mass is 228 g/mol. The number of carbonyl (C=O) groups is 1. The first-order chi connectivity index (χ1) is 7.34. The Bertz CT molecular complexity index is 425. The van der Waals surface area contributed by atoms with Crippen LogP contribution in [0.4, 0.5) is 0 Å². The average Bonchev–Trinajstić information content (AvgIpc) is 2.46. The molecule has 0 aliphatic heterocycles. The molecule has 1 aromatic heterocycles. The van der Waals surface area contributed by atoms with E-state index in [-0.39, 0.29) is 24.8 Å². The van der Waals surface area contributed by atoms with Crippen molar-refractivity contribution in [2.75, 3.05) is 7.11 Å². The Labute approximate surface area is 93.2 Å². The van der Waals surface area contributed by atoms with Crippen LogP contribution in [-0.2, 0) is 22.7 Å². The third-order valence-corrected chi connectivity index (χ3v) is 2.05. The molecular weight excluding hydrogens is 212 g/mol. The van der Waals surface area contributed by atoms with E-state index < -0.39 is 11.2 Å². The Kier molecular flexibility index (Phi) is 3.64. The summed E-state index contributed by atoms with van der Waals surface area (Å²) in [6.45, 7) is 5.41. The molecular formula is C10H16N2O4. The largest absolute Gasteiger partial charge is 0.437 e. The Morgan fingerprint density at radius 2 is 2.12 bits per heavy atom. The highest BCUT2D eigenvalue weighted by atomic mass is 16.5. The van der Waals surface area contributed by atoms with Crippen molar-refractivity contribution in [1.29, 1.82) is 0 Å². The molecule has 0 saturated carbocycles. The van der Waals surface area contributed by atoms with E-state index in [2.05, 4.69) is 5.10 Å². The van der Waals surface area contributed by atoms with Gasteiger partial charge in [0.05, 0.1) is 0 Å². The van der Waals surface area contributed by atoms with Crippen LogP contribution in [0, 0.1) is 5.41 Å². The highest BCUT2D eigenvalue weighted by molar-refractivity contribution is 5.83. The number of Topliss-reactive ketones (excluding diaryl/α,β-unsaturated/α-hetero) is 1. The number of ether oxygens (including phenoxy) is 1. The van der Waals surface area contributed by atoms with E-state index in [9.17, 15) is 9.59 Å². The molecule has 0 amide bonds. The van der Waals surface area contributed by atoms with Gasteiger partial charge < -0.3 is 9.15 Å². The van der Waals surface area contributed by atoms with Gasteiger partial charge in [0.15, 0.2) is 5.78 Å². The van der Waals surface area contributed by atoms with Crippen molar-refractivity contribution >= 4 is 5.78 Å². The summed E-state index contributed by atoms with van der Waals surface area (Å²) in [6, 6.07) is 0. The van der Waals surface area contributed by atoms with Crippen molar-refractivity contribution in [1.82, 2.24) is 9.78 Å². The van der Waals surface area contributed by atoms with Crippen molar-refractivity contribution < 1.29 is 13.9 Å². The zero-order chi connectivity index (χ0) is 12.3. The predicted octanol–water partition coefficient (Wildman–Crippen LogP) is 0.598. The molecule has 0 unspecified atom stereocenters. The van der Waals surface area contributed by atoms with Crippen LogP contribution in [0.5, 0.6) is 0 Å². The van der Waals surface area contributed by atoms with E-state index >= 15 is 0 Å². The van der Waals surface area contributed by atoms with E-state index in [1.165, 1.54) is 7.11 Å². The third kappa shape index (κ3) is 3.03. The lowest BCUT2D eigenvalue weighted by Crippen LogP contribution is -2.29. The summed E-state index contributed by atoms with van der Waals surface area (Å²) in [4.78, 5) is 23.0. The van der Waals surface area contributed by atoms with Crippen molar-refractivity contribution in [2.45, 2.75) is 33.9 Å². The normalized spacial score (nSPS) is 11.8. The van der Waals surface area contributed by atoms with Crippen LogP contribution in [0.3, 0.4) is 0 Å². The van der Waals surface area contributed by atoms with Gasteiger partial charge in [0.1, 0.15) is 13.2 Å². The van der Waals surface area contributed by atoms with E-state index in [4.69, 9.17) is 9.15 Å². The molecule has 0 fully saturated rings. The number of rotatable bonds is 4. The van der Waals surface area contributed by atoms with Crippen LogP contribution in [0.15, 0.2) is 9.21 Å². The maximum atomic E-state index is 11.7.